The van der Waals surface area contributed by atoms with E-state index in [2.05, 4.69) is 11.0 Å². The maximum atomic E-state index is 13.5. The zero-order valence-corrected chi connectivity index (χ0v) is 19.2. The number of carbonyl (C=O) groups excluding carboxylic acids is 1. The molecule has 1 saturated heterocycles. The summed E-state index contributed by atoms with van der Waals surface area (Å²) in [7, 11) is 3.30. The number of methoxy groups -OCH3 is 2. The van der Waals surface area contributed by atoms with Gasteiger partial charge in [-0.25, -0.2) is 4.68 Å². The highest BCUT2D eigenvalue weighted by Crippen LogP contribution is 2.40. The first kappa shape index (κ1) is 21.5. The van der Waals surface area contributed by atoms with Crippen LogP contribution < -0.4 is 9.47 Å². The Labute approximate surface area is 194 Å². The molecule has 3 aromatic rings. The van der Waals surface area contributed by atoms with Gasteiger partial charge in [-0.3, -0.25) is 9.69 Å². The smallest absolute Gasteiger partial charge is 0.272 e. The predicted octanol–water partition coefficient (Wildman–Crippen LogP) is 3.72. The van der Waals surface area contributed by atoms with Gasteiger partial charge in [0, 0.05) is 38.6 Å². The average Bonchev–Trinajstić information content (AvgIpc) is 3.62. The Morgan fingerprint density at radius 3 is 2.33 bits per heavy atom. The Balaban J connectivity index is 1.27. The number of para-hydroxylation sites is 1. The molecule has 33 heavy (non-hydrogen) atoms. The van der Waals surface area contributed by atoms with E-state index in [0.29, 0.717) is 24.7 Å². The molecule has 1 aliphatic heterocycles. The SMILES string of the molecule is COc1ccc(CN2CCN(C(=O)c3cc(C4CC4)nn3-c3ccccc3)CC2)cc1OC. The molecule has 172 valence electrons. The van der Waals surface area contributed by atoms with E-state index in [1.54, 1.807) is 14.2 Å². The van der Waals surface area contributed by atoms with E-state index in [-0.39, 0.29) is 5.91 Å². The van der Waals surface area contributed by atoms with E-state index >= 15 is 0 Å². The fourth-order valence-electron chi connectivity index (χ4n) is 4.40. The van der Waals surface area contributed by atoms with Crippen LogP contribution in [-0.2, 0) is 6.54 Å². The number of hydrogen-bond donors (Lipinski definition) is 0. The van der Waals surface area contributed by atoms with Gasteiger partial charge in [0.1, 0.15) is 5.69 Å². The summed E-state index contributed by atoms with van der Waals surface area (Å²) in [4.78, 5) is 17.8. The lowest BCUT2D eigenvalue weighted by Gasteiger charge is -2.34. The lowest BCUT2D eigenvalue weighted by molar-refractivity contribution is 0.0619. The van der Waals surface area contributed by atoms with E-state index in [1.165, 1.54) is 5.56 Å². The zero-order valence-electron chi connectivity index (χ0n) is 19.2. The quantitative estimate of drug-likeness (QED) is 0.554. The standard InChI is InChI=1S/C26H30N4O3/c1-32-24-11-8-19(16-25(24)33-2)18-28-12-14-29(15-13-28)26(31)23-17-22(20-9-10-20)27-30(23)21-6-4-3-5-7-21/h3-8,11,16-17,20H,9-10,12-15,18H2,1-2H3. The highest BCUT2D eigenvalue weighted by molar-refractivity contribution is 5.93. The van der Waals surface area contributed by atoms with Crippen molar-refractivity contribution in [2.75, 3.05) is 40.4 Å². The van der Waals surface area contributed by atoms with Gasteiger partial charge in [0.25, 0.3) is 5.91 Å². The largest absolute Gasteiger partial charge is 0.493 e. The number of carbonyl (C=O) groups is 1. The van der Waals surface area contributed by atoms with Crippen LogP contribution in [0, 0.1) is 0 Å². The summed E-state index contributed by atoms with van der Waals surface area (Å²) in [5.41, 5.74) is 3.80. The van der Waals surface area contributed by atoms with E-state index in [0.717, 1.165) is 55.4 Å². The zero-order chi connectivity index (χ0) is 22.8. The molecule has 1 aromatic heterocycles. The minimum Gasteiger partial charge on any atom is -0.493 e. The van der Waals surface area contributed by atoms with Gasteiger partial charge in [-0.2, -0.15) is 5.10 Å². The maximum Gasteiger partial charge on any atom is 0.272 e. The number of nitrogens with zero attached hydrogens (tertiary/aromatic N) is 4. The second kappa shape index (κ2) is 9.27. The molecule has 7 heteroatoms. The minimum absolute atomic E-state index is 0.0593. The van der Waals surface area contributed by atoms with Crippen LogP contribution in [0.1, 0.15) is 40.5 Å². The third-order valence-electron chi connectivity index (χ3n) is 6.46. The molecule has 2 heterocycles. The van der Waals surface area contributed by atoms with Crippen LogP contribution >= 0.6 is 0 Å². The third kappa shape index (κ3) is 4.59. The van der Waals surface area contributed by atoms with Gasteiger partial charge in [-0.05, 0) is 48.7 Å². The second-order valence-electron chi connectivity index (χ2n) is 8.73. The normalized spacial score (nSPS) is 16.6. The van der Waals surface area contributed by atoms with E-state index in [4.69, 9.17) is 14.6 Å². The predicted molar refractivity (Wildman–Crippen MR) is 126 cm³/mol. The highest BCUT2D eigenvalue weighted by Gasteiger charge is 2.31. The molecule has 5 rings (SSSR count). The molecular weight excluding hydrogens is 416 g/mol. The molecule has 1 aliphatic carbocycles. The molecule has 0 spiro atoms. The van der Waals surface area contributed by atoms with Gasteiger partial charge in [-0.15, -0.1) is 0 Å². The van der Waals surface area contributed by atoms with Gasteiger partial charge in [0.05, 0.1) is 25.6 Å². The number of piperazine rings is 1. The first-order valence-corrected chi connectivity index (χ1v) is 11.5. The van der Waals surface area contributed by atoms with Gasteiger partial charge in [0.2, 0.25) is 0 Å². The Morgan fingerprint density at radius 1 is 0.939 bits per heavy atom. The average molecular weight is 447 g/mol. The number of amides is 1. The van der Waals surface area contributed by atoms with Crippen molar-refractivity contribution >= 4 is 5.91 Å². The maximum absolute atomic E-state index is 13.5. The fraction of sp³-hybridized carbons (Fsp3) is 0.385. The number of hydrogen-bond acceptors (Lipinski definition) is 5. The molecule has 0 unspecified atom stereocenters. The van der Waals surface area contributed by atoms with Crippen LogP contribution in [0.2, 0.25) is 0 Å². The highest BCUT2D eigenvalue weighted by atomic mass is 16.5. The summed E-state index contributed by atoms with van der Waals surface area (Å²) in [6.07, 6.45) is 2.32. The molecule has 1 saturated carbocycles. The van der Waals surface area contributed by atoms with Crippen molar-refractivity contribution in [1.29, 1.82) is 0 Å². The summed E-state index contributed by atoms with van der Waals surface area (Å²) >= 11 is 0. The molecule has 0 N–H and O–H groups in total. The lowest BCUT2D eigenvalue weighted by Crippen LogP contribution is -2.48. The topological polar surface area (TPSA) is 59.8 Å². The molecule has 0 bridgehead atoms. The Bertz CT molecular complexity index is 1120. The molecular formula is C26H30N4O3. The van der Waals surface area contributed by atoms with Crippen LogP contribution in [0.3, 0.4) is 0 Å². The Hall–Kier alpha value is -3.32. The summed E-state index contributed by atoms with van der Waals surface area (Å²) in [6, 6.07) is 18.0. The van der Waals surface area contributed by atoms with Gasteiger partial charge in [-0.1, -0.05) is 24.3 Å². The van der Waals surface area contributed by atoms with Crippen molar-refractivity contribution in [3.63, 3.8) is 0 Å². The summed E-state index contributed by atoms with van der Waals surface area (Å²) < 4.78 is 12.6. The van der Waals surface area contributed by atoms with Crippen LogP contribution in [0.25, 0.3) is 5.69 Å². The summed E-state index contributed by atoms with van der Waals surface area (Å²) in [6.45, 7) is 3.87. The van der Waals surface area contributed by atoms with Crippen LogP contribution in [0.5, 0.6) is 11.5 Å². The number of benzene rings is 2. The molecule has 0 radical (unpaired) electrons. The van der Waals surface area contributed by atoms with Crippen molar-refractivity contribution < 1.29 is 14.3 Å². The summed E-state index contributed by atoms with van der Waals surface area (Å²) in [5, 5.41) is 4.80. The van der Waals surface area contributed by atoms with E-state index in [9.17, 15) is 4.79 Å². The molecule has 1 amide bonds. The molecule has 2 aliphatic rings. The van der Waals surface area contributed by atoms with Gasteiger partial charge < -0.3 is 14.4 Å². The van der Waals surface area contributed by atoms with E-state index < -0.39 is 0 Å². The monoisotopic (exact) mass is 446 g/mol. The van der Waals surface area contributed by atoms with Crippen LogP contribution in [0.4, 0.5) is 0 Å². The number of rotatable bonds is 7. The van der Waals surface area contributed by atoms with Crippen LogP contribution in [-0.4, -0.2) is 65.9 Å². The number of ether oxygens (including phenoxy) is 2. The van der Waals surface area contributed by atoms with Crippen molar-refractivity contribution in [2.45, 2.75) is 25.3 Å². The molecule has 7 nitrogen and oxygen atoms in total. The van der Waals surface area contributed by atoms with Crippen LogP contribution in [0.15, 0.2) is 54.6 Å². The molecule has 0 atom stereocenters. The Morgan fingerprint density at radius 2 is 1.67 bits per heavy atom. The van der Waals surface area contributed by atoms with Crippen molar-refractivity contribution in [3.05, 3.63) is 71.5 Å². The summed E-state index contributed by atoms with van der Waals surface area (Å²) in [5.74, 6) is 2.03. The van der Waals surface area contributed by atoms with Crippen molar-refractivity contribution in [3.8, 4) is 17.2 Å². The molecule has 2 fully saturated rings. The third-order valence-corrected chi connectivity index (χ3v) is 6.46. The van der Waals surface area contributed by atoms with Crippen molar-refractivity contribution in [2.24, 2.45) is 0 Å². The van der Waals surface area contributed by atoms with Crippen molar-refractivity contribution in [1.82, 2.24) is 19.6 Å². The van der Waals surface area contributed by atoms with E-state index in [1.807, 2.05) is 58.1 Å². The first-order valence-electron chi connectivity index (χ1n) is 11.5. The lowest BCUT2D eigenvalue weighted by atomic mass is 10.1. The molecule has 2 aromatic carbocycles. The first-order chi connectivity index (χ1) is 16.2. The second-order valence-corrected chi connectivity index (χ2v) is 8.73. The minimum atomic E-state index is 0.0593. The van der Waals surface area contributed by atoms with Gasteiger partial charge in [0.15, 0.2) is 11.5 Å². The fourth-order valence-corrected chi connectivity index (χ4v) is 4.40. The number of aromatic nitrogens is 2. The Kier molecular flexibility index (Phi) is 6.05. The van der Waals surface area contributed by atoms with Gasteiger partial charge >= 0.3 is 0 Å².